The molecule has 0 radical (unpaired) electrons. The highest BCUT2D eigenvalue weighted by Gasteiger charge is 2.33. The minimum absolute atomic E-state index is 0. The van der Waals surface area contributed by atoms with Gasteiger partial charge in [-0.2, -0.15) is 0 Å². The van der Waals surface area contributed by atoms with E-state index in [0.29, 0.717) is 18.8 Å². The van der Waals surface area contributed by atoms with E-state index in [4.69, 9.17) is 17.3 Å². The van der Waals surface area contributed by atoms with E-state index in [-0.39, 0.29) is 30.3 Å². The SMILES string of the molecule is Cl.N[C@@H]1CN(C(=O)CSCc2ccc(Cl)cc2)C[C@H]1c1ccccc1. The van der Waals surface area contributed by atoms with Gasteiger partial charge in [0.15, 0.2) is 0 Å². The first kappa shape index (κ1) is 20.1. The van der Waals surface area contributed by atoms with Crippen LogP contribution in [0.5, 0.6) is 0 Å². The number of amides is 1. The molecule has 1 heterocycles. The van der Waals surface area contributed by atoms with Crippen molar-refractivity contribution < 1.29 is 4.79 Å². The van der Waals surface area contributed by atoms with Gasteiger partial charge in [-0.1, -0.05) is 54.1 Å². The lowest BCUT2D eigenvalue weighted by molar-refractivity contribution is -0.127. The first-order valence-electron chi connectivity index (χ1n) is 8.04. The Bertz CT molecular complexity index is 682. The van der Waals surface area contributed by atoms with Gasteiger partial charge in [0.2, 0.25) is 5.91 Å². The number of rotatable bonds is 5. The molecule has 1 fully saturated rings. The Morgan fingerprint density at radius 1 is 1.12 bits per heavy atom. The summed E-state index contributed by atoms with van der Waals surface area (Å²) < 4.78 is 0. The maximum atomic E-state index is 12.4. The number of carbonyl (C=O) groups is 1. The quantitative estimate of drug-likeness (QED) is 0.831. The highest BCUT2D eigenvalue weighted by atomic mass is 35.5. The van der Waals surface area contributed by atoms with Crippen LogP contribution in [0.1, 0.15) is 17.0 Å². The van der Waals surface area contributed by atoms with Crippen LogP contribution >= 0.6 is 35.8 Å². The molecule has 1 amide bonds. The van der Waals surface area contributed by atoms with Gasteiger partial charge in [0.05, 0.1) is 5.75 Å². The lowest BCUT2D eigenvalue weighted by Crippen LogP contribution is -2.33. The van der Waals surface area contributed by atoms with Gasteiger partial charge in [0.1, 0.15) is 0 Å². The summed E-state index contributed by atoms with van der Waals surface area (Å²) in [6.45, 7) is 1.35. The first-order chi connectivity index (χ1) is 11.6. The third-order valence-electron chi connectivity index (χ3n) is 4.35. The molecule has 134 valence electrons. The van der Waals surface area contributed by atoms with E-state index in [9.17, 15) is 4.79 Å². The van der Waals surface area contributed by atoms with Crippen molar-refractivity contribution >= 4 is 41.7 Å². The van der Waals surface area contributed by atoms with E-state index >= 15 is 0 Å². The van der Waals surface area contributed by atoms with Gasteiger partial charge in [0, 0.05) is 35.8 Å². The Labute approximate surface area is 164 Å². The molecular weight excluding hydrogens is 375 g/mol. The summed E-state index contributed by atoms with van der Waals surface area (Å²) in [5.74, 6) is 1.70. The number of nitrogens with two attached hydrogens (primary N) is 1. The fourth-order valence-corrected chi connectivity index (χ4v) is 4.03. The molecular formula is C19H22Cl2N2OS. The lowest BCUT2D eigenvalue weighted by atomic mass is 9.95. The second-order valence-electron chi connectivity index (χ2n) is 6.10. The van der Waals surface area contributed by atoms with Crippen molar-refractivity contribution in [2.45, 2.75) is 17.7 Å². The van der Waals surface area contributed by atoms with E-state index in [1.54, 1.807) is 11.8 Å². The second kappa shape index (κ2) is 9.48. The highest BCUT2D eigenvalue weighted by Crippen LogP contribution is 2.27. The van der Waals surface area contributed by atoms with Crippen LogP contribution in [0.25, 0.3) is 0 Å². The Balaban J connectivity index is 0.00000225. The number of hydrogen-bond acceptors (Lipinski definition) is 3. The Morgan fingerprint density at radius 3 is 2.48 bits per heavy atom. The van der Waals surface area contributed by atoms with Gasteiger partial charge in [0.25, 0.3) is 0 Å². The zero-order valence-corrected chi connectivity index (χ0v) is 16.2. The van der Waals surface area contributed by atoms with Crippen molar-refractivity contribution in [3.63, 3.8) is 0 Å². The summed E-state index contributed by atoms with van der Waals surface area (Å²) in [4.78, 5) is 14.3. The normalized spacial score (nSPS) is 19.5. The zero-order chi connectivity index (χ0) is 16.9. The number of likely N-dealkylation sites (tertiary alicyclic amines) is 1. The summed E-state index contributed by atoms with van der Waals surface area (Å²) in [6, 6.07) is 18.0. The predicted octanol–water partition coefficient (Wildman–Crippen LogP) is 3.95. The van der Waals surface area contributed by atoms with Crippen LogP contribution in [0, 0.1) is 0 Å². The van der Waals surface area contributed by atoms with Crippen molar-refractivity contribution in [1.82, 2.24) is 4.90 Å². The van der Waals surface area contributed by atoms with Crippen molar-refractivity contribution in [1.29, 1.82) is 0 Å². The third-order valence-corrected chi connectivity index (χ3v) is 5.59. The number of carbonyl (C=O) groups excluding carboxylic acids is 1. The average molecular weight is 397 g/mol. The predicted molar refractivity (Wildman–Crippen MR) is 109 cm³/mol. The molecule has 2 aromatic carbocycles. The van der Waals surface area contributed by atoms with Gasteiger partial charge < -0.3 is 10.6 Å². The van der Waals surface area contributed by atoms with Gasteiger partial charge in [-0.15, -0.1) is 24.2 Å². The number of benzene rings is 2. The molecule has 0 saturated carbocycles. The summed E-state index contributed by atoms with van der Waals surface area (Å²) in [5, 5.41) is 0.734. The van der Waals surface area contributed by atoms with Crippen molar-refractivity contribution in [2.75, 3.05) is 18.8 Å². The van der Waals surface area contributed by atoms with E-state index < -0.39 is 0 Å². The van der Waals surface area contributed by atoms with E-state index in [0.717, 1.165) is 10.8 Å². The van der Waals surface area contributed by atoms with Crippen molar-refractivity contribution in [3.8, 4) is 0 Å². The number of halogens is 2. The largest absolute Gasteiger partial charge is 0.340 e. The van der Waals surface area contributed by atoms with E-state index in [1.165, 1.54) is 11.1 Å². The van der Waals surface area contributed by atoms with Crippen molar-refractivity contribution in [2.24, 2.45) is 5.73 Å². The summed E-state index contributed by atoms with van der Waals surface area (Å²) in [6.07, 6.45) is 0. The first-order valence-corrected chi connectivity index (χ1v) is 9.57. The van der Waals surface area contributed by atoms with E-state index in [1.807, 2.05) is 47.4 Å². The minimum atomic E-state index is 0. The molecule has 2 N–H and O–H groups in total. The van der Waals surface area contributed by atoms with Crippen LogP contribution in [-0.4, -0.2) is 35.7 Å². The third kappa shape index (κ3) is 5.38. The van der Waals surface area contributed by atoms with Crippen LogP contribution in [-0.2, 0) is 10.5 Å². The lowest BCUT2D eigenvalue weighted by Gasteiger charge is -2.16. The molecule has 1 aliphatic rings. The Hall–Kier alpha value is -1.20. The maximum Gasteiger partial charge on any atom is 0.232 e. The van der Waals surface area contributed by atoms with Crippen molar-refractivity contribution in [3.05, 3.63) is 70.7 Å². The minimum Gasteiger partial charge on any atom is -0.340 e. The molecule has 25 heavy (non-hydrogen) atoms. The molecule has 3 rings (SSSR count). The Morgan fingerprint density at radius 2 is 1.80 bits per heavy atom. The van der Waals surface area contributed by atoms with Gasteiger partial charge >= 0.3 is 0 Å². The van der Waals surface area contributed by atoms with Crippen LogP contribution in [0.4, 0.5) is 0 Å². The van der Waals surface area contributed by atoms with Crippen LogP contribution in [0.3, 0.4) is 0 Å². The molecule has 6 heteroatoms. The molecule has 0 aromatic heterocycles. The summed E-state index contributed by atoms with van der Waals surface area (Å²) >= 11 is 7.51. The molecule has 1 aliphatic heterocycles. The molecule has 0 bridgehead atoms. The Kier molecular flexibility index (Phi) is 7.63. The van der Waals surface area contributed by atoms with Gasteiger partial charge in [-0.05, 0) is 23.3 Å². The molecule has 0 unspecified atom stereocenters. The smallest absolute Gasteiger partial charge is 0.232 e. The van der Waals surface area contributed by atoms with Crippen LogP contribution < -0.4 is 5.73 Å². The summed E-state index contributed by atoms with van der Waals surface area (Å²) in [5.41, 5.74) is 8.65. The van der Waals surface area contributed by atoms with Crippen LogP contribution in [0.2, 0.25) is 5.02 Å². The molecule has 0 spiro atoms. The number of thioether (sulfide) groups is 1. The van der Waals surface area contributed by atoms with E-state index in [2.05, 4.69) is 12.1 Å². The average Bonchev–Trinajstić information content (AvgIpc) is 2.99. The standard InChI is InChI=1S/C19H21ClN2OS.ClH/c20-16-8-6-14(7-9-16)12-24-13-19(23)22-10-17(18(21)11-22)15-4-2-1-3-5-15;/h1-9,17-18H,10-13,21H2;1H/t17-,18+;/m0./s1. The molecule has 0 aliphatic carbocycles. The highest BCUT2D eigenvalue weighted by molar-refractivity contribution is 7.99. The fourth-order valence-electron chi connectivity index (χ4n) is 3.01. The number of hydrogen-bond donors (Lipinski definition) is 1. The molecule has 2 atom stereocenters. The summed E-state index contributed by atoms with van der Waals surface area (Å²) in [7, 11) is 0. The zero-order valence-electron chi connectivity index (χ0n) is 13.8. The van der Waals surface area contributed by atoms with Gasteiger partial charge in [-0.25, -0.2) is 0 Å². The van der Waals surface area contributed by atoms with Crippen LogP contribution in [0.15, 0.2) is 54.6 Å². The topological polar surface area (TPSA) is 46.3 Å². The second-order valence-corrected chi connectivity index (χ2v) is 7.52. The molecule has 2 aromatic rings. The molecule has 3 nitrogen and oxygen atoms in total. The number of nitrogens with zero attached hydrogens (tertiary/aromatic N) is 1. The monoisotopic (exact) mass is 396 g/mol. The molecule has 1 saturated heterocycles. The van der Waals surface area contributed by atoms with Gasteiger partial charge in [-0.3, -0.25) is 4.79 Å². The maximum absolute atomic E-state index is 12.4. The fraction of sp³-hybridized carbons (Fsp3) is 0.316.